The van der Waals surface area contributed by atoms with Crippen LogP contribution < -0.4 is 19.3 Å². The first-order valence-corrected chi connectivity index (χ1v) is 9.78. The van der Waals surface area contributed by atoms with E-state index in [0.29, 0.717) is 30.9 Å². The molecular formula is C17H19N5O4S. The number of hydrogen-bond donors (Lipinski definition) is 1. The number of rotatable bonds is 3. The van der Waals surface area contributed by atoms with Crippen molar-refractivity contribution in [1.82, 2.24) is 15.2 Å². The Balaban J connectivity index is 1.46. The lowest BCUT2D eigenvalue weighted by Gasteiger charge is -2.25. The number of anilines is 2. The third-order valence-corrected chi connectivity index (χ3v) is 6.17. The Labute approximate surface area is 160 Å². The fraction of sp³-hybridized carbons (Fsp3) is 0.471. The van der Waals surface area contributed by atoms with E-state index in [1.807, 2.05) is 25.1 Å². The third-order valence-electron chi connectivity index (χ3n) is 4.82. The standard InChI is InChI=1S/C17H19N5O4S/c1-10-14(23)22(17-18-16(19-20-17)21-4-6-24-7-5-21)15(27-10)11-2-3-12-13(8-11)26-9-25-12/h2-3,8,10,15H,4-7,9H2,1H3,(H,18,19,20). The van der Waals surface area contributed by atoms with Crippen LogP contribution in [0.5, 0.6) is 11.5 Å². The molecule has 1 amide bonds. The molecule has 0 radical (unpaired) electrons. The van der Waals surface area contributed by atoms with Crippen LogP contribution in [0.15, 0.2) is 18.2 Å². The zero-order valence-corrected chi connectivity index (χ0v) is 15.6. The third kappa shape index (κ3) is 2.88. The number of carbonyl (C=O) groups excluding carboxylic acids is 1. The number of ether oxygens (including phenoxy) is 3. The van der Waals surface area contributed by atoms with Crippen LogP contribution in [0.4, 0.5) is 11.9 Å². The van der Waals surface area contributed by atoms with E-state index < -0.39 is 0 Å². The summed E-state index contributed by atoms with van der Waals surface area (Å²) in [5, 5.41) is 6.89. The number of benzene rings is 1. The highest BCUT2D eigenvalue weighted by Gasteiger charge is 2.42. The van der Waals surface area contributed by atoms with Gasteiger partial charge in [-0.25, -0.2) is 5.10 Å². The number of H-pyrrole nitrogens is 1. The first-order valence-electron chi connectivity index (χ1n) is 8.84. The summed E-state index contributed by atoms with van der Waals surface area (Å²) in [6.07, 6.45) is 0. The van der Waals surface area contributed by atoms with Gasteiger partial charge in [0.25, 0.3) is 0 Å². The number of fused-ring (bicyclic) bond motifs is 1. The van der Waals surface area contributed by atoms with Crippen LogP contribution in [0.25, 0.3) is 0 Å². The molecule has 0 bridgehead atoms. The molecule has 27 heavy (non-hydrogen) atoms. The molecule has 2 atom stereocenters. The van der Waals surface area contributed by atoms with Crippen LogP contribution >= 0.6 is 11.8 Å². The lowest BCUT2D eigenvalue weighted by atomic mass is 10.2. The smallest absolute Gasteiger partial charge is 0.246 e. The molecule has 5 rings (SSSR count). The zero-order chi connectivity index (χ0) is 18.4. The SMILES string of the molecule is CC1SC(c2ccc3c(c2)OCO3)N(c2nc(N3CCOCC3)n[nH]2)C1=O. The normalized spacial score (nSPS) is 24.7. The van der Waals surface area contributed by atoms with Gasteiger partial charge in [0.1, 0.15) is 5.37 Å². The van der Waals surface area contributed by atoms with E-state index in [0.717, 1.165) is 24.4 Å². The number of carbonyl (C=O) groups is 1. The van der Waals surface area contributed by atoms with Gasteiger partial charge in [0, 0.05) is 13.1 Å². The minimum Gasteiger partial charge on any atom is -0.454 e. The predicted octanol–water partition coefficient (Wildman–Crippen LogP) is 1.54. The number of nitrogens with one attached hydrogen (secondary N) is 1. The minimum absolute atomic E-state index is 0.00680. The van der Waals surface area contributed by atoms with Crippen LogP contribution in [-0.2, 0) is 9.53 Å². The van der Waals surface area contributed by atoms with Gasteiger partial charge in [0.2, 0.25) is 24.6 Å². The molecule has 3 aliphatic heterocycles. The van der Waals surface area contributed by atoms with Crippen LogP contribution in [0.1, 0.15) is 17.9 Å². The van der Waals surface area contributed by atoms with E-state index in [-0.39, 0.29) is 23.3 Å². The van der Waals surface area contributed by atoms with E-state index >= 15 is 0 Å². The fourth-order valence-electron chi connectivity index (χ4n) is 3.39. The molecule has 2 fully saturated rings. The molecule has 4 heterocycles. The fourth-order valence-corrected chi connectivity index (χ4v) is 4.64. The zero-order valence-electron chi connectivity index (χ0n) is 14.8. The molecule has 10 heteroatoms. The van der Waals surface area contributed by atoms with E-state index in [2.05, 4.69) is 20.1 Å². The molecule has 0 spiro atoms. The van der Waals surface area contributed by atoms with Crippen molar-refractivity contribution in [3.63, 3.8) is 0 Å². The topological polar surface area (TPSA) is 92.8 Å². The molecule has 2 aromatic rings. The van der Waals surface area contributed by atoms with Gasteiger partial charge in [-0.05, 0) is 24.6 Å². The van der Waals surface area contributed by atoms with E-state index in [1.165, 1.54) is 0 Å². The van der Waals surface area contributed by atoms with Crippen molar-refractivity contribution in [2.24, 2.45) is 0 Å². The number of aromatic nitrogens is 3. The maximum atomic E-state index is 12.8. The highest BCUT2D eigenvalue weighted by atomic mass is 32.2. The van der Waals surface area contributed by atoms with Crippen molar-refractivity contribution in [1.29, 1.82) is 0 Å². The lowest BCUT2D eigenvalue weighted by Crippen LogP contribution is -2.37. The summed E-state index contributed by atoms with van der Waals surface area (Å²) in [6.45, 7) is 4.91. The van der Waals surface area contributed by atoms with Crippen LogP contribution in [0.2, 0.25) is 0 Å². The van der Waals surface area contributed by atoms with Crippen molar-refractivity contribution in [2.45, 2.75) is 17.5 Å². The Morgan fingerprint density at radius 1 is 1.22 bits per heavy atom. The van der Waals surface area contributed by atoms with Crippen molar-refractivity contribution >= 4 is 29.6 Å². The number of amides is 1. The van der Waals surface area contributed by atoms with Crippen LogP contribution in [-0.4, -0.2) is 59.4 Å². The maximum absolute atomic E-state index is 12.8. The average Bonchev–Trinajstić information content (AvgIpc) is 3.42. The molecule has 0 aliphatic carbocycles. The van der Waals surface area contributed by atoms with Gasteiger partial charge in [-0.1, -0.05) is 6.07 Å². The molecule has 3 aliphatic rings. The van der Waals surface area contributed by atoms with Crippen LogP contribution in [0, 0.1) is 0 Å². The van der Waals surface area contributed by atoms with E-state index in [9.17, 15) is 4.79 Å². The Morgan fingerprint density at radius 3 is 2.89 bits per heavy atom. The summed E-state index contributed by atoms with van der Waals surface area (Å²) in [4.78, 5) is 21.2. The second-order valence-electron chi connectivity index (χ2n) is 6.51. The van der Waals surface area contributed by atoms with Crippen molar-refractivity contribution < 1.29 is 19.0 Å². The first-order chi connectivity index (χ1) is 13.2. The van der Waals surface area contributed by atoms with Gasteiger partial charge < -0.3 is 19.1 Å². The first kappa shape index (κ1) is 16.7. The predicted molar refractivity (Wildman–Crippen MR) is 99.3 cm³/mol. The van der Waals surface area contributed by atoms with Gasteiger partial charge >= 0.3 is 0 Å². The summed E-state index contributed by atoms with van der Waals surface area (Å²) in [5.74, 6) is 2.48. The highest BCUT2D eigenvalue weighted by molar-refractivity contribution is 8.01. The largest absolute Gasteiger partial charge is 0.454 e. The molecule has 0 saturated carbocycles. The summed E-state index contributed by atoms with van der Waals surface area (Å²) < 4.78 is 16.2. The minimum atomic E-state index is -0.201. The molecular weight excluding hydrogens is 370 g/mol. The second-order valence-corrected chi connectivity index (χ2v) is 7.94. The summed E-state index contributed by atoms with van der Waals surface area (Å²) in [6, 6.07) is 5.77. The Kier molecular flexibility index (Phi) is 4.09. The number of morpholine rings is 1. The number of thioether (sulfide) groups is 1. The Hall–Kier alpha value is -2.46. The molecule has 2 saturated heterocycles. The molecule has 1 aromatic carbocycles. The maximum Gasteiger partial charge on any atom is 0.246 e. The van der Waals surface area contributed by atoms with Gasteiger partial charge in [-0.15, -0.1) is 16.9 Å². The van der Waals surface area contributed by atoms with Crippen molar-refractivity contribution in [3.05, 3.63) is 23.8 Å². The Bertz CT molecular complexity index is 869. The van der Waals surface area contributed by atoms with Gasteiger partial charge in [-0.3, -0.25) is 9.69 Å². The number of hydrogen-bond acceptors (Lipinski definition) is 8. The highest BCUT2D eigenvalue weighted by Crippen LogP contribution is 2.46. The lowest BCUT2D eigenvalue weighted by molar-refractivity contribution is -0.117. The van der Waals surface area contributed by atoms with Gasteiger partial charge in [0.15, 0.2) is 11.5 Å². The number of nitrogens with zero attached hydrogens (tertiary/aromatic N) is 4. The molecule has 2 unspecified atom stereocenters. The number of aromatic amines is 1. The van der Waals surface area contributed by atoms with Crippen molar-refractivity contribution in [2.75, 3.05) is 42.9 Å². The van der Waals surface area contributed by atoms with Crippen LogP contribution in [0.3, 0.4) is 0 Å². The van der Waals surface area contributed by atoms with Gasteiger partial charge in [0.05, 0.1) is 18.5 Å². The molecule has 1 aromatic heterocycles. The molecule has 9 nitrogen and oxygen atoms in total. The second kappa shape index (κ2) is 6.61. The Morgan fingerprint density at radius 2 is 2.04 bits per heavy atom. The quantitative estimate of drug-likeness (QED) is 0.845. The summed E-state index contributed by atoms with van der Waals surface area (Å²) >= 11 is 1.58. The molecule has 142 valence electrons. The van der Waals surface area contributed by atoms with E-state index in [4.69, 9.17) is 14.2 Å². The average molecular weight is 389 g/mol. The monoisotopic (exact) mass is 389 g/mol. The van der Waals surface area contributed by atoms with E-state index in [1.54, 1.807) is 16.7 Å². The van der Waals surface area contributed by atoms with Crippen molar-refractivity contribution in [3.8, 4) is 11.5 Å². The summed E-state index contributed by atoms with van der Waals surface area (Å²) in [5.41, 5.74) is 0.964. The molecule has 1 N–H and O–H groups in total. The summed E-state index contributed by atoms with van der Waals surface area (Å²) in [7, 11) is 0. The van der Waals surface area contributed by atoms with Gasteiger partial charge in [-0.2, -0.15) is 4.98 Å².